The van der Waals surface area contributed by atoms with E-state index in [0.29, 0.717) is 12.8 Å². The van der Waals surface area contributed by atoms with E-state index in [1.54, 1.807) is 0 Å². The topological polar surface area (TPSA) is 26.3 Å². The second kappa shape index (κ2) is 3.12. The zero-order valence-corrected chi connectivity index (χ0v) is 6.04. The Balaban J connectivity index is 2.61. The van der Waals surface area contributed by atoms with Crippen molar-refractivity contribution in [1.29, 1.82) is 0 Å². The predicted molar refractivity (Wildman–Crippen MR) is 40.3 cm³/mol. The van der Waals surface area contributed by atoms with Crippen LogP contribution in [0, 0.1) is 30.6 Å². The van der Waals surface area contributed by atoms with Crippen LogP contribution in [0.2, 0.25) is 0 Å². The van der Waals surface area contributed by atoms with E-state index in [1.807, 2.05) is 0 Å². The lowest BCUT2D eigenvalue weighted by atomic mass is 9.96. The molecule has 0 saturated carbocycles. The first-order valence-electron chi connectivity index (χ1n) is 3.38. The molecule has 1 aliphatic heterocycles. The number of carbonyl (C=O) groups excluding carboxylic acids is 1. The lowest BCUT2D eigenvalue weighted by molar-refractivity contribution is -0.151. The monoisotopic (exact) mass is 148 g/mol. The van der Waals surface area contributed by atoms with Crippen molar-refractivity contribution in [2.45, 2.75) is 18.9 Å². The van der Waals surface area contributed by atoms with Gasteiger partial charge in [-0.25, -0.2) is 0 Å². The van der Waals surface area contributed by atoms with Gasteiger partial charge in [0, 0.05) is 12.3 Å². The Hall–Kier alpha value is -1.41. The number of carbonyl (C=O) groups is 1. The molecule has 1 fully saturated rings. The molecule has 1 rings (SSSR count). The zero-order valence-electron chi connectivity index (χ0n) is 6.04. The van der Waals surface area contributed by atoms with Crippen molar-refractivity contribution in [3.8, 4) is 24.7 Å². The largest absolute Gasteiger partial charge is 0.449 e. The zero-order chi connectivity index (χ0) is 8.27. The van der Waals surface area contributed by atoms with Gasteiger partial charge >= 0.3 is 5.97 Å². The summed E-state index contributed by atoms with van der Waals surface area (Å²) in [4.78, 5) is 10.8. The van der Waals surface area contributed by atoms with Crippen molar-refractivity contribution in [1.82, 2.24) is 0 Å². The van der Waals surface area contributed by atoms with Crippen molar-refractivity contribution < 1.29 is 9.53 Å². The molecule has 0 amide bonds. The van der Waals surface area contributed by atoms with Gasteiger partial charge in [-0.2, -0.15) is 0 Å². The SMILES string of the molecule is C#CC1CC(=O)OC(C#C)C1. The molecular weight excluding hydrogens is 140 g/mol. The molecule has 0 aromatic carbocycles. The number of rotatable bonds is 0. The lowest BCUT2D eigenvalue weighted by Gasteiger charge is -2.21. The van der Waals surface area contributed by atoms with E-state index in [2.05, 4.69) is 11.8 Å². The highest BCUT2D eigenvalue weighted by Crippen LogP contribution is 2.19. The molecule has 1 aliphatic rings. The highest BCUT2D eigenvalue weighted by Gasteiger charge is 2.25. The first kappa shape index (κ1) is 7.69. The Kier molecular flexibility index (Phi) is 2.18. The smallest absolute Gasteiger partial charge is 0.308 e. The summed E-state index contributed by atoms with van der Waals surface area (Å²) in [5.41, 5.74) is 0. The Bertz CT molecular complexity index is 217. The van der Waals surface area contributed by atoms with Crippen LogP contribution in [0.1, 0.15) is 12.8 Å². The molecule has 0 N–H and O–H groups in total. The summed E-state index contributed by atoms with van der Waals surface area (Å²) >= 11 is 0. The highest BCUT2D eigenvalue weighted by molar-refractivity contribution is 5.71. The Labute approximate surface area is 65.9 Å². The second-order valence-electron chi connectivity index (χ2n) is 2.45. The molecule has 0 aromatic rings. The fraction of sp³-hybridized carbons (Fsp3) is 0.444. The van der Waals surface area contributed by atoms with E-state index >= 15 is 0 Å². The van der Waals surface area contributed by atoms with Gasteiger partial charge in [0.05, 0.1) is 6.42 Å². The quantitative estimate of drug-likeness (QED) is 0.371. The number of ether oxygens (including phenoxy) is 1. The van der Waals surface area contributed by atoms with Gasteiger partial charge in [-0.05, 0) is 0 Å². The Morgan fingerprint density at radius 2 is 2.18 bits per heavy atom. The van der Waals surface area contributed by atoms with Gasteiger partial charge in [0.25, 0.3) is 0 Å². The summed E-state index contributed by atoms with van der Waals surface area (Å²) < 4.78 is 4.80. The summed E-state index contributed by atoms with van der Waals surface area (Å²) in [5.74, 6) is 4.53. The van der Waals surface area contributed by atoms with Gasteiger partial charge in [0.15, 0.2) is 6.10 Å². The summed E-state index contributed by atoms with van der Waals surface area (Å²) in [7, 11) is 0. The maximum Gasteiger partial charge on any atom is 0.308 e. The van der Waals surface area contributed by atoms with Crippen LogP contribution in [0.25, 0.3) is 0 Å². The van der Waals surface area contributed by atoms with E-state index in [4.69, 9.17) is 17.6 Å². The summed E-state index contributed by atoms with van der Waals surface area (Å²) in [6, 6.07) is 0. The normalized spacial score (nSPS) is 29.8. The predicted octanol–water partition coefficient (Wildman–Crippen LogP) is 0.575. The van der Waals surface area contributed by atoms with Crippen LogP contribution < -0.4 is 0 Å². The number of hydrogen-bond donors (Lipinski definition) is 0. The van der Waals surface area contributed by atoms with Gasteiger partial charge in [-0.1, -0.05) is 5.92 Å². The fourth-order valence-electron chi connectivity index (χ4n) is 1.03. The molecule has 2 nitrogen and oxygen atoms in total. The van der Waals surface area contributed by atoms with E-state index in [1.165, 1.54) is 0 Å². The maximum atomic E-state index is 10.8. The number of terminal acetylenes is 2. The third-order valence-electron chi connectivity index (χ3n) is 1.61. The van der Waals surface area contributed by atoms with Crippen LogP contribution in [-0.2, 0) is 9.53 Å². The van der Waals surface area contributed by atoms with Crippen molar-refractivity contribution in [3.63, 3.8) is 0 Å². The van der Waals surface area contributed by atoms with Crippen molar-refractivity contribution in [2.24, 2.45) is 5.92 Å². The third-order valence-corrected chi connectivity index (χ3v) is 1.61. The Morgan fingerprint density at radius 3 is 2.73 bits per heavy atom. The van der Waals surface area contributed by atoms with E-state index < -0.39 is 6.10 Å². The molecule has 1 heterocycles. The van der Waals surface area contributed by atoms with Crippen LogP contribution in [0.15, 0.2) is 0 Å². The second-order valence-corrected chi connectivity index (χ2v) is 2.45. The molecule has 0 bridgehead atoms. The molecule has 11 heavy (non-hydrogen) atoms. The van der Waals surface area contributed by atoms with E-state index in [9.17, 15) is 4.79 Å². The lowest BCUT2D eigenvalue weighted by Crippen LogP contribution is -2.27. The highest BCUT2D eigenvalue weighted by atomic mass is 16.5. The molecule has 1 saturated heterocycles. The third kappa shape index (κ3) is 1.75. The standard InChI is InChI=1S/C9H8O2/c1-3-7-5-8(4-2)11-9(10)6-7/h1-2,7-8H,5-6H2. The molecule has 2 heteroatoms. The molecule has 2 atom stereocenters. The number of cyclic esters (lactones) is 1. The minimum absolute atomic E-state index is 0.0442. The summed E-state index contributed by atoms with van der Waals surface area (Å²) in [6.45, 7) is 0. The minimum Gasteiger partial charge on any atom is -0.449 e. The van der Waals surface area contributed by atoms with Crippen LogP contribution in [-0.4, -0.2) is 12.1 Å². The molecule has 56 valence electrons. The summed E-state index contributed by atoms with van der Waals surface area (Å²) in [6.07, 6.45) is 10.7. The maximum absolute atomic E-state index is 10.8. The molecule has 0 spiro atoms. The van der Waals surface area contributed by atoms with Crippen molar-refractivity contribution in [3.05, 3.63) is 0 Å². The summed E-state index contributed by atoms with van der Waals surface area (Å²) in [5, 5.41) is 0. The number of esters is 1. The van der Waals surface area contributed by atoms with Crippen LogP contribution in [0.4, 0.5) is 0 Å². The van der Waals surface area contributed by atoms with Crippen LogP contribution in [0.5, 0.6) is 0 Å². The van der Waals surface area contributed by atoms with Crippen LogP contribution >= 0.6 is 0 Å². The Morgan fingerprint density at radius 1 is 1.45 bits per heavy atom. The average Bonchev–Trinajstić information content (AvgIpc) is 2.03. The van der Waals surface area contributed by atoms with Gasteiger partial charge in [0.1, 0.15) is 0 Å². The molecule has 0 aromatic heterocycles. The number of hydrogen-bond acceptors (Lipinski definition) is 2. The first-order valence-corrected chi connectivity index (χ1v) is 3.38. The van der Waals surface area contributed by atoms with Crippen LogP contribution in [0.3, 0.4) is 0 Å². The van der Waals surface area contributed by atoms with Gasteiger partial charge in [0.2, 0.25) is 0 Å². The average molecular weight is 148 g/mol. The van der Waals surface area contributed by atoms with E-state index in [0.717, 1.165) is 0 Å². The van der Waals surface area contributed by atoms with Gasteiger partial charge < -0.3 is 4.74 Å². The molecule has 0 aliphatic carbocycles. The van der Waals surface area contributed by atoms with Crippen molar-refractivity contribution >= 4 is 5.97 Å². The van der Waals surface area contributed by atoms with Crippen molar-refractivity contribution in [2.75, 3.05) is 0 Å². The fourth-order valence-corrected chi connectivity index (χ4v) is 1.03. The minimum atomic E-state index is -0.419. The van der Waals surface area contributed by atoms with E-state index in [-0.39, 0.29) is 11.9 Å². The van der Waals surface area contributed by atoms with Gasteiger partial charge in [-0.3, -0.25) is 4.79 Å². The molecular formula is C9H8O2. The molecule has 2 unspecified atom stereocenters. The first-order chi connectivity index (χ1) is 5.26. The molecule has 0 radical (unpaired) electrons. The van der Waals surface area contributed by atoms with Gasteiger partial charge in [-0.15, -0.1) is 18.8 Å².